The summed E-state index contributed by atoms with van der Waals surface area (Å²) in [7, 11) is 0. The lowest BCUT2D eigenvalue weighted by atomic mass is 10.1. The first-order valence-electron chi connectivity index (χ1n) is 5.83. The summed E-state index contributed by atoms with van der Waals surface area (Å²) in [5.74, 6) is 0.145. The van der Waals surface area contributed by atoms with E-state index < -0.39 is 0 Å². The van der Waals surface area contributed by atoms with Crippen molar-refractivity contribution in [3.8, 4) is 0 Å². The van der Waals surface area contributed by atoms with E-state index in [2.05, 4.69) is 18.2 Å². The Morgan fingerprint density at radius 2 is 2.29 bits per heavy atom. The predicted molar refractivity (Wildman–Crippen MR) is 74.0 cm³/mol. The summed E-state index contributed by atoms with van der Waals surface area (Å²) in [5.41, 5.74) is 2.65. The van der Waals surface area contributed by atoms with Crippen molar-refractivity contribution < 1.29 is 4.79 Å². The largest absolute Gasteiger partial charge is 0.289 e. The van der Waals surface area contributed by atoms with Crippen LogP contribution in [-0.2, 0) is 11.2 Å². The molecule has 0 spiro atoms. The highest BCUT2D eigenvalue weighted by Crippen LogP contribution is 2.49. The fourth-order valence-corrected chi connectivity index (χ4v) is 4.51. The molecule has 0 radical (unpaired) electrons. The van der Waals surface area contributed by atoms with E-state index in [1.807, 2.05) is 17.9 Å². The number of hydrogen-bond donors (Lipinski definition) is 0. The van der Waals surface area contributed by atoms with Crippen molar-refractivity contribution in [1.82, 2.24) is 4.90 Å². The van der Waals surface area contributed by atoms with E-state index in [-0.39, 0.29) is 11.9 Å². The molecule has 1 amide bonds. The fraction of sp³-hybridized carbons (Fsp3) is 0.385. The second kappa shape index (κ2) is 4.10. The number of carbonyl (C=O) groups is 1. The van der Waals surface area contributed by atoms with E-state index >= 15 is 0 Å². The molecule has 0 aromatic heterocycles. The first-order chi connectivity index (χ1) is 8.22. The van der Waals surface area contributed by atoms with Gasteiger partial charge in [0.1, 0.15) is 4.32 Å². The van der Waals surface area contributed by atoms with E-state index in [1.54, 1.807) is 11.8 Å². The quantitative estimate of drug-likeness (QED) is 0.727. The van der Waals surface area contributed by atoms with E-state index in [4.69, 9.17) is 12.2 Å². The second-order valence-corrected chi connectivity index (χ2v) is 6.26. The molecule has 4 heteroatoms. The van der Waals surface area contributed by atoms with Gasteiger partial charge in [0.15, 0.2) is 0 Å². The van der Waals surface area contributed by atoms with Crippen LogP contribution in [-0.4, -0.2) is 20.4 Å². The van der Waals surface area contributed by atoms with Gasteiger partial charge in [-0.05, 0) is 17.5 Å². The average molecular weight is 263 g/mol. The highest BCUT2D eigenvalue weighted by Gasteiger charge is 2.46. The Hall–Kier alpha value is -0.870. The molecule has 2 nitrogen and oxygen atoms in total. The minimum absolute atomic E-state index is 0.145. The molecule has 3 rings (SSSR count). The van der Waals surface area contributed by atoms with E-state index in [1.165, 1.54) is 11.1 Å². The van der Waals surface area contributed by atoms with Crippen LogP contribution in [0.4, 0.5) is 0 Å². The number of carbonyl (C=O) groups excluding carboxylic acids is 1. The highest BCUT2D eigenvalue weighted by atomic mass is 32.2. The molecule has 17 heavy (non-hydrogen) atoms. The van der Waals surface area contributed by atoms with Crippen LogP contribution in [0.1, 0.15) is 30.5 Å². The minimum Gasteiger partial charge on any atom is -0.289 e. The molecule has 1 aliphatic carbocycles. The zero-order valence-corrected chi connectivity index (χ0v) is 11.2. The van der Waals surface area contributed by atoms with Crippen molar-refractivity contribution in [1.29, 1.82) is 0 Å². The number of rotatable bonds is 1. The van der Waals surface area contributed by atoms with Crippen molar-refractivity contribution in [2.75, 3.05) is 0 Å². The zero-order valence-electron chi connectivity index (χ0n) is 9.55. The van der Waals surface area contributed by atoms with Crippen LogP contribution < -0.4 is 0 Å². The summed E-state index contributed by atoms with van der Waals surface area (Å²) in [6.45, 7) is 1.89. The summed E-state index contributed by atoms with van der Waals surface area (Å²) in [4.78, 5) is 13.8. The van der Waals surface area contributed by atoms with Crippen LogP contribution in [0.15, 0.2) is 24.3 Å². The molecule has 1 heterocycles. The van der Waals surface area contributed by atoms with Crippen LogP contribution in [0.5, 0.6) is 0 Å². The number of amides is 1. The molecular formula is C13H13NOS2. The Bertz CT molecular complexity index is 492. The van der Waals surface area contributed by atoms with Gasteiger partial charge in [0.05, 0.1) is 6.04 Å². The Balaban J connectivity index is 2.03. The normalized spacial score (nSPS) is 25.9. The molecule has 0 saturated carbocycles. The second-order valence-electron chi connectivity index (χ2n) is 4.39. The van der Waals surface area contributed by atoms with Crippen molar-refractivity contribution in [2.24, 2.45) is 0 Å². The Morgan fingerprint density at radius 1 is 1.53 bits per heavy atom. The number of thiocarbonyl (C=S) groups is 1. The molecule has 1 saturated heterocycles. The molecule has 1 aromatic rings. The molecular weight excluding hydrogens is 250 g/mol. The summed E-state index contributed by atoms with van der Waals surface area (Å²) in [6, 6.07) is 8.57. The number of thioether (sulfide) groups is 1. The Morgan fingerprint density at radius 3 is 3.06 bits per heavy atom. The minimum atomic E-state index is 0.145. The summed E-state index contributed by atoms with van der Waals surface area (Å²) in [5, 5.41) is 0.426. The maximum absolute atomic E-state index is 12.0. The highest BCUT2D eigenvalue weighted by molar-refractivity contribution is 8.23. The molecule has 88 valence electrons. The fourth-order valence-electron chi connectivity index (χ4n) is 2.68. The van der Waals surface area contributed by atoms with Gasteiger partial charge in [0.2, 0.25) is 5.91 Å². The topological polar surface area (TPSA) is 20.3 Å². The van der Waals surface area contributed by atoms with Crippen LogP contribution in [0, 0.1) is 0 Å². The van der Waals surface area contributed by atoms with Crippen molar-refractivity contribution in [3.05, 3.63) is 35.4 Å². The van der Waals surface area contributed by atoms with Gasteiger partial charge in [0.25, 0.3) is 0 Å². The Labute approximate surface area is 110 Å². The van der Waals surface area contributed by atoms with E-state index in [9.17, 15) is 4.79 Å². The molecule has 1 aromatic carbocycles. The van der Waals surface area contributed by atoms with Gasteiger partial charge < -0.3 is 0 Å². The van der Waals surface area contributed by atoms with Crippen molar-refractivity contribution in [2.45, 2.75) is 31.1 Å². The molecule has 2 atom stereocenters. The summed E-state index contributed by atoms with van der Waals surface area (Å²) in [6.07, 6.45) is 1.55. The van der Waals surface area contributed by atoms with E-state index in [0.717, 1.165) is 10.7 Å². The third-order valence-corrected chi connectivity index (χ3v) is 5.06. The third-order valence-electron chi connectivity index (χ3n) is 3.45. The maximum Gasteiger partial charge on any atom is 0.228 e. The Kier molecular flexibility index (Phi) is 2.71. The first-order valence-corrected chi connectivity index (χ1v) is 7.11. The van der Waals surface area contributed by atoms with Gasteiger partial charge in [-0.3, -0.25) is 9.69 Å². The van der Waals surface area contributed by atoms with Gasteiger partial charge in [-0.15, -0.1) is 0 Å². The molecule has 0 N–H and O–H groups in total. The first kappa shape index (κ1) is 11.2. The van der Waals surface area contributed by atoms with Crippen LogP contribution >= 0.6 is 24.0 Å². The lowest BCUT2D eigenvalue weighted by Crippen LogP contribution is -2.33. The summed E-state index contributed by atoms with van der Waals surface area (Å²) >= 11 is 7.02. The van der Waals surface area contributed by atoms with Crippen molar-refractivity contribution in [3.63, 3.8) is 0 Å². The van der Waals surface area contributed by atoms with Gasteiger partial charge >= 0.3 is 0 Å². The third kappa shape index (κ3) is 1.62. The van der Waals surface area contributed by atoms with E-state index in [0.29, 0.717) is 11.7 Å². The number of hydrogen-bond acceptors (Lipinski definition) is 3. The lowest BCUT2D eigenvalue weighted by molar-refractivity contribution is -0.128. The number of benzene rings is 1. The smallest absolute Gasteiger partial charge is 0.228 e. The SMILES string of the molecule is CCC(=O)N1C(=S)S[C@H]2Cc3ccccc3[C@H]21. The molecule has 0 bridgehead atoms. The molecule has 1 fully saturated rings. The van der Waals surface area contributed by atoms with Crippen LogP contribution in [0.3, 0.4) is 0 Å². The van der Waals surface area contributed by atoms with Crippen LogP contribution in [0.2, 0.25) is 0 Å². The number of fused-ring (bicyclic) bond motifs is 3. The number of nitrogens with zero attached hydrogens (tertiary/aromatic N) is 1. The average Bonchev–Trinajstić information content (AvgIpc) is 2.82. The molecule has 1 aliphatic heterocycles. The maximum atomic E-state index is 12.0. The van der Waals surface area contributed by atoms with Gasteiger partial charge in [-0.1, -0.05) is 55.2 Å². The van der Waals surface area contributed by atoms with Gasteiger partial charge in [0, 0.05) is 11.7 Å². The van der Waals surface area contributed by atoms with Crippen molar-refractivity contribution >= 4 is 34.2 Å². The van der Waals surface area contributed by atoms with Gasteiger partial charge in [-0.2, -0.15) is 0 Å². The zero-order chi connectivity index (χ0) is 12.0. The summed E-state index contributed by atoms with van der Waals surface area (Å²) < 4.78 is 0.751. The monoisotopic (exact) mass is 263 g/mol. The standard InChI is InChI=1S/C13H13NOS2/c1-2-11(15)14-12-9-6-4-3-5-8(9)7-10(12)17-13(14)16/h3-6,10,12H,2,7H2,1H3/t10-,12+/m0/s1. The lowest BCUT2D eigenvalue weighted by Gasteiger charge is -2.23. The predicted octanol–water partition coefficient (Wildman–Crippen LogP) is 2.92. The molecule has 2 aliphatic rings. The van der Waals surface area contributed by atoms with Gasteiger partial charge in [-0.25, -0.2) is 0 Å². The molecule has 0 unspecified atom stereocenters. The van der Waals surface area contributed by atoms with Crippen LogP contribution in [0.25, 0.3) is 0 Å².